The van der Waals surface area contributed by atoms with Gasteiger partial charge in [-0.05, 0) is 56.1 Å². The van der Waals surface area contributed by atoms with Crippen molar-refractivity contribution in [3.05, 3.63) is 36.0 Å². The van der Waals surface area contributed by atoms with Gasteiger partial charge in [-0.15, -0.1) is 0 Å². The van der Waals surface area contributed by atoms with Gasteiger partial charge < -0.3 is 31.4 Å². The van der Waals surface area contributed by atoms with Crippen molar-refractivity contribution in [1.29, 1.82) is 0 Å². The first-order valence-electron chi connectivity index (χ1n) is 16.8. The van der Waals surface area contributed by atoms with E-state index in [1.54, 1.807) is 16.7 Å². The molecule has 45 heavy (non-hydrogen) atoms. The van der Waals surface area contributed by atoms with Crippen LogP contribution in [0.2, 0.25) is 0 Å². The van der Waals surface area contributed by atoms with E-state index in [1.807, 2.05) is 44.3 Å². The van der Waals surface area contributed by atoms with Crippen molar-refractivity contribution in [2.75, 3.05) is 13.7 Å². The second-order valence-electron chi connectivity index (χ2n) is 12.7. The number of nitrogens with zero attached hydrogens (tertiary/aromatic N) is 2. The molecule has 2 aliphatic heterocycles. The van der Waals surface area contributed by atoms with Gasteiger partial charge in [-0.25, -0.2) is 0 Å². The standard InChI is InChI=1S/C34H52N6O5/c1-5-22(3)30-34(44)39-19-13-12-18-29(39)33(43)36-26(16-9-7-8-14-24(35)6-2)31(41)37-27(32(42)38-30)20-23-21-40(45-4)28-17-11-10-15-25(23)28/h10-11,15,17,21-22,24,26-27,29-30H,5-9,12-14,16,18-20,35H2,1-4H3,(H,36,43)(H,37,41)(H,38,42)/t22?,24?,26-,27-,29+,30-/m0/s1. The van der Waals surface area contributed by atoms with E-state index < -0.39 is 36.0 Å². The lowest BCUT2D eigenvalue weighted by molar-refractivity contribution is -0.147. The summed E-state index contributed by atoms with van der Waals surface area (Å²) in [6.07, 6.45) is 9.55. The van der Waals surface area contributed by atoms with Crippen LogP contribution in [0, 0.1) is 5.92 Å². The minimum atomic E-state index is -0.980. The van der Waals surface area contributed by atoms with Crippen LogP contribution in [0.25, 0.3) is 10.9 Å². The predicted octanol–water partition coefficient (Wildman–Crippen LogP) is 2.83. The lowest BCUT2D eigenvalue weighted by Crippen LogP contribution is -2.64. The maximum absolute atomic E-state index is 14.1. The Morgan fingerprint density at radius 2 is 1.67 bits per heavy atom. The Morgan fingerprint density at radius 3 is 2.40 bits per heavy atom. The molecule has 3 heterocycles. The van der Waals surface area contributed by atoms with E-state index in [0.717, 1.165) is 61.4 Å². The van der Waals surface area contributed by atoms with E-state index in [0.29, 0.717) is 25.8 Å². The Hall–Kier alpha value is -3.60. The molecule has 6 atom stereocenters. The zero-order valence-electron chi connectivity index (χ0n) is 27.3. The first-order valence-corrected chi connectivity index (χ1v) is 16.8. The topological polar surface area (TPSA) is 148 Å². The number of nitrogens with one attached hydrogen (secondary N) is 3. The van der Waals surface area contributed by atoms with E-state index in [9.17, 15) is 19.2 Å². The monoisotopic (exact) mass is 624 g/mol. The number of rotatable bonds is 12. The van der Waals surface area contributed by atoms with Crippen molar-refractivity contribution >= 4 is 34.5 Å². The van der Waals surface area contributed by atoms with Gasteiger partial charge in [-0.1, -0.05) is 64.7 Å². The normalized spacial score (nSPS) is 24.5. The Kier molecular flexibility index (Phi) is 12.3. The van der Waals surface area contributed by atoms with Gasteiger partial charge in [0.15, 0.2) is 0 Å². The van der Waals surface area contributed by atoms with Crippen LogP contribution in [-0.4, -0.2) is 77.1 Å². The third-order valence-corrected chi connectivity index (χ3v) is 9.60. The average Bonchev–Trinajstić information content (AvgIpc) is 3.41. The van der Waals surface area contributed by atoms with E-state index in [4.69, 9.17) is 10.6 Å². The summed E-state index contributed by atoms with van der Waals surface area (Å²) in [4.78, 5) is 62.9. The fourth-order valence-corrected chi connectivity index (χ4v) is 6.49. The maximum atomic E-state index is 14.1. The molecule has 2 saturated heterocycles. The number of nitrogens with two attached hydrogens (primary N) is 1. The van der Waals surface area contributed by atoms with Gasteiger partial charge in [0.05, 0.1) is 5.52 Å². The lowest BCUT2D eigenvalue weighted by atomic mass is 9.93. The van der Waals surface area contributed by atoms with Crippen molar-refractivity contribution in [2.45, 2.75) is 122 Å². The fourth-order valence-electron chi connectivity index (χ4n) is 6.49. The number of para-hydroxylation sites is 1. The molecule has 2 aromatic rings. The zero-order chi connectivity index (χ0) is 32.5. The van der Waals surface area contributed by atoms with Gasteiger partial charge in [0, 0.05) is 30.6 Å². The van der Waals surface area contributed by atoms with E-state index in [-0.39, 0.29) is 30.2 Å². The minimum Gasteiger partial charge on any atom is -0.417 e. The highest BCUT2D eigenvalue weighted by molar-refractivity contribution is 5.98. The maximum Gasteiger partial charge on any atom is 0.246 e. The summed E-state index contributed by atoms with van der Waals surface area (Å²) < 4.78 is 1.63. The second kappa shape index (κ2) is 16.1. The van der Waals surface area contributed by atoms with Crippen LogP contribution in [-0.2, 0) is 25.6 Å². The highest BCUT2D eigenvalue weighted by Gasteiger charge is 2.40. The fraction of sp³-hybridized carbons (Fsp3) is 0.647. The largest absolute Gasteiger partial charge is 0.417 e. The molecule has 4 rings (SSSR count). The van der Waals surface area contributed by atoms with Crippen LogP contribution in [0.4, 0.5) is 0 Å². The van der Waals surface area contributed by atoms with Crippen molar-refractivity contribution in [3.8, 4) is 0 Å². The smallest absolute Gasteiger partial charge is 0.246 e. The van der Waals surface area contributed by atoms with Crippen molar-refractivity contribution in [2.24, 2.45) is 11.7 Å². The zero-order valence-corrected chi connectivity index (χ0v) is 27.3. The molecular formula is C34H52N6O5. The number of carbonyl (C=O) groups is 4. The molecule has 4 amide bonds. The highest BCUT2D eigenvalue weighted by Crippen LogP contribution is 2.24. The molecule has 0 bridgehead atoms. The summed E-state index contributed by atoms with van der Waals surface area (Å²) in [5.74, 6) is -1.56. The number of hydrogen-bond donors (Lipinski definition) is 4. The van der Waals surface area contributed by atoms with E-state index >= 15 is 0 Å². The predicted molar refractivity (Wildman–Crippen MR) is 174 cm³/mol. The molecule has 1 aromatic carbocycles. The summed E-state index contributed by atoms with van der Waals surface area (Å²) in [5.41, 5.74) is 7.74. The Balaban J connectivity index is 1.66. The Morgan fingerprint density at radius 1 is 0.933 bits per heavy atom. The van der Waals surface area contributed by atoms with Crippen LogP contribution < -0.4 is 26.5 Å². The summed E-state index contributed by atoms with van der Waals surface area (Å²) in [6, 6.07) is 4.54. The van der Waals surface area contributed by atoms with Gasteiger partial charge in [-0.2, -0.15) is 4.73 Å². The lowest BCUT2D eigenvalue weighted by Gasteiger charge is -2.39. The van der Waals surface area contributed by atoms with Gasteiger partial charge in [0.2, 0.25) is 23.6 Å². The van der Waals surface area contributed by atoms with Crippen LogP contribution in [0.3, 0.4) is 0 Å². The molecule has 5 N–H and O–H groups in total. The first-order chi connectivity index (χ1) is 21.7. The number of hydrogen-bond acceptors (Lipinski definition) is 6. The molecule has 11 heteroatoms. The number of aromatic nitrogens is 1. The average molecular weight is 625 g/mol. The quantitative estimate of drug-likeness (QED) is 0.267. The van der Waals surface area contributed by atoms with Crippen LogP contribution in [0.1, 0.15) is 90.5 Å². The number of amides is 4. The number of fused-ring (bicyclic) bond motifs is 2. The molecular weight excluding hydrogens is 572 g/mol. The first kappa shape index (κ1) is 34.3. The third kappa shape index (κ3) is 8.36. The summed E-state index contributed by atoms with van der Waals surface area (Å²) in [5, 5.41) is 9.86. The molecule has 2 fully saturated rings. The van der Waals surface area contributed by atoms with Gasteiger partial charge in [0.1, 0.15) is 31.3 Å². The molecule has 0 saturated carbocycles. The van der Waals surface area contributed by atoms with Crippen molar-refractivity contribution in [1.82, 2.24) is 25.6 Å². The van der Waals surface area contributed by atoms with Gasteiger partial charge in [0.25, 0.3) is 0 Å². The Labute approximate surface area is 266 Å². The van der Waals surface area contributed by atoms with Crippen molar-refractivity contribution in [3.63, 3.8) is 0 Å². The molecule has 2 aliphatic rings. The summed E-state index contributed by atoms with van der Waals surface area (Å²) in [7, 11) is 1.57. The molecule has 11 nitrogen and oxygen atoms in total. The van der Waals surface area contributed by atoms with Gasteiger partial charge >= 0.3 is 0 Å². The van der Waals surface area contributed by atoms with E-state index in [1.165, 1.54) is 0 Å². The SMILES string of the molecule is CCC(N)CCCCC[C@@H]1NC(=O)[C@H]2CCCCN2C(=O)[C@H](C(C)CC)NC(=O)[C@H](Cc2cn(OC)c3ccccc23)NC1=O. The summed E-state index contributed by atoms with van der Waals surface area (Å²) in [6.45, 7) is 6.41. The third-order valence-electron chi connectivity index (χ3n) is 9.60. The molecule has 248 valence electrons. The Bertz CT molecular complexity index is 1330. The second-order valence-corrected chi connectivity index (χ2v) is 12.7. The van der Waals surface area contributed by atoms with E-state index in [2.05, 4.69) is 22.9 Å². The van der Waals surface area contributed by atoms with Crippen LogP contribution in [0.5, 0.6) is 0 Å². The molecule has 0 spiro atoms. The molecule has 2 unspecified atom stereocenters. The highest BCUT2D eigenvalue weighted by atomic mass is 16.6. The minimum absolute atomic E-state index is 0.159. The number of piperidine rings is 1. The molecule has 1 aromatic heterocycles. The number of unbranched alkanes of at least 4 members (excludes halogenated alkanes) is 2. The van der Waals surface area contributed by atoms with Gasteiger partial charge in [-0.3, -0.25) is 19.2 Å². The summed E-state index contributed by atoms with van der Waals surface area (Å²) >= 11 is 0. The number of benzene rings is 1. The van der Waals surface area contributed by atoms with Crippen LogP contribution in [0.15, 0.2) is 30.5 Å². The van der Waals surface area contributed by atoms with Crippen LogP contribution >= 0.6 is 0 Å². The number of carbonyl (C=O) groups excluding carboxylic acids is 4. The molecule has 0 aliphatic carbocycles. The van der Waals surface area contributed by atoms with Crippen molar-refractivity contribution < 1.29 is 24.0 Å². The molecule has 0 radical (unpaired) electrons.